The first kappa shape index (κ1) is 41.8. The molecule has 14 nitrogen and oxygen atoms in total. The lowest BCUT2D eigenvalue weighted by Crippen LogP contribution is -2.55. The molecule has 1 heterocycles. The second-order valence-corrected chi connectivity index (χ2v) is 15.4. The van der Waals surface area contributed by atoms with Gasteiger partial charge in [0.1, 0.15) is 11.8 Å². The van der Waals surface area contributed by atoms with Crippen LogP contribution in [0.5, 0.6) is 5.75 Å². The fourth-order valence-corrected chi connectivity index (χ4v) is 7.32. The molecule has 1 aliphatic rings. The summed E-state index contributed by atoms with van der Waals surface area (Å²) in [6, 6.07) is 18.8. The van der Waals surface area contributed by atoms with Crippen molar-refractivity contribution < 1.29 is 32.3 Å². The van der Waals surface area contributed by atoms with Crippen molar-refractivity contribution in [2.75, 3.05) is 37.6 Å². The van der Waals surface area contributed by atoms with Gasteiger partial charge in [-0.25, -0.2) is 0 Å². The highest BCUT2D eigenvalue weighted by molar-refractivity contribution is 7.90. The average molecular weight is 764 g/mol. The van der Waals surface area contributed by atoms with Crippen LogP contribution in [0.15, 0.2) is 72.8 Å². The minimum Gasteiger partial charge on any atom is -0.497 e. The minimum atomic E-state index is -3.91. The average Bonchev–Trinajstić information content (AvgIpc) is 3.15. The Morgan fingerprint density at radius 3 is 2.09 bits per heavy atom. The molecule has 0 unspecified atom stereocenters. The van der Waals surface area contributed by atoms with Crippen LogP contribution >= 0.6 is 0 Å². The van der Waals surface area contributed by atoms with E-state index in [-0.39, 0.29) is 54.2 Å². The highest BCUT2D eigenvalue weighted by Crippen LogP contribution is 2.25. The van der Waals surface area contributed by atoms with E-state index in [2.05, 4.69) is 31.3 Å². The van der Waals surface area contributed by atoms with E-state index < -0.39 is 46.2 Å². The molecule has 4 amide bonds. The number of methoxy groups -OCH3 is 1. The number of anilines is 1. The monoisotopic (exact) mass is 763 g/mol. The largest absolute Gasteiger partial charge is 0.497 e. The van der Waals surface area contributed by atoms with Gasteiger partial charge >= 0.3 is 10.2 Å². The van der Waals surface area contributed by atoms with E-state index >= 15 is 0 Å². The summed E-state index contributed by atoms with van der Waals surface area (Å²) in [5.74, 6) is -1.12. The molecule has 6 N–H and O–H groups in total. The Hall–Kier alpha value is -4.99. The quantitative estimate of drug-likeness (QED) is 0.121. The number of nitrogens with one attached hydrogen (secondary N) is 6. The van der Waals surface area contributed by atoms with Crippen LogP contribution in [-0.2, 0) is 26.2 Å². The second kappa shape index (κ2) is 19.4. The highest BCUT2D eigenvalue weighted by atomic mass is 32.2. The molecular weight excluding hydrogens is 711 g/mol. The smallest absolute Gasteiger partial charge is 0.301 e. The van der Waals surface area contributed by atoms with Crippen molar-refractivity contribution in [1.29, 1.82) is 0 Å². The number of hydrogen-bond acceptors (Lipinski definition) is 8. The summed E-state index contributed by atoms with van der Waals surface area (Å²) in [6.07, 6.45) is 0.932. The SMILES string of the molecule is CCNC(=O)[C@@H](NC(=O)[C@H](C)NC[C@H](Cc1ccccc1)NC(=O)c1cc(C(=O)N[C@H](C)c2ccc(OC)cc2)cc(N2CCCNS2(=O)=O)c1)C(C)C. The Morgan fingerprint density at radius 2 is 1.50 bits per heavy atom. The number of ether oxygens (including phenoxy) is 1. The van der Waals surface area contributed by atoms with Gasteiger partial charge in [-0.3, -0.25) is 23.5 Å². The lowest BCUT2D eigenvalue weighted by Gasteiger charge is -2.29. The number of carbonyl (C=O) groups is 4. The third-order valence-corrected chi connectivity index (χ3v) is 10.7. The lowest BCUT2D eigenvalue weighted by molar-refractivity contribution is -0.130. The molecule has 1 saturated heterocycles. The summed E-state index contributed by atoms with van der Waals surface area (Å²) in [4.78, 5) is 53.5. The first-order valence-corrected chi connectivity index (χ1v) is 19.7. The van der Waals surface area contributed by atoms with Crippen LogP contribution in [0, 0.1) is 5.92 Å². The minimum absolute atomic E-state index is 0.0843. The third kappa shape index (κ3) is 11.5. The summed E-state index contributed by atoms with van der Waals surface area (Å²) in [5, 5.41) is 14.8. The molecule has 1 aliphatic heterocycles. The van der Waals surface area contributed by atoms with E-state index in [0.717, 1.165) is 15.4 Å². The van der Waals surface area contributed by atoms with Gasteiger partial charge < -0.3 is 31.3 Å². The predicted molar refractivity (Wildman–Crippen MR) is 209 cm³/mol. The maximum Gasteiger partial charge on any atom is 0.301 e. The van der Waals surface area contributed by atoms with Gasteiger partial charge in [0.05, 0.1) is 24.9 Å². The van der Waals surface area contributed by atoms with Crippen LogP contribution in [0.3, 0.4) is 0 Å². The molecule has 3 aromatic carbocycles. The second-order valence-electron chi connectivity index (χ2n) is 13.7. The fraction of sp³-hybridized carbons (Fsp3) is 0.436. The van der Waals surface area contributed by atoms with Gasteiger partial charge in [-0.05, 0) is 81.0 Å². The van der Waals surface area contributed by atoms with Crippen molar-refractivity contribution in [3.63, 3.8) is 0 Å². The molecule has 0 aliphatic carbocycles. The molecule has 54 heavy (non-hydrogen) atoms. The zero-order chi connectivity index (χ0) is 39.4. The molecule has 1 fully saturated rings. The van der Waals surface area contributed by atoms with Gasteiger partial charge in [0.2, 0.25) is 11.8 Å². The van der Waals surface area contributed by atoms with Crippen molar-refractivity contribution >= 4 is 39.5 Å². The summed E-state index contributed by atoms with van der Waals surface area (Å²) in [5.41, 5.74) is 2.12. The molecular formula is C39H53N7O7S. The Balaban J connectivity index is 1.59. The van der Waals surface area contributed by atoms with Crippen molar-refractivity contribution in [1.82, 2.24) is 31.3 Å². The topological polar surface area (TPSA) is 187 Å². The third-order valence-electron chi connectivity index (χ3n) is 9.13. The Bertz CT molecular complexity index is 1860. The van der Waals surface area contributed by atoms with Crippen LogP contribution in [0.4, 0.5) is 5.69 Å². The van der Waals surface area contributed by atoms with Crippen LogP contribution in [-0.4, -0.2) is 83.5 Å². The number of benzene rings is 3. The molecule has 4 atom stereocenters. The number of amides is 4. The maximum atomic E-state index is 14.1. The van der Waals surface area contributed by atoms with Gasteiger partial charge in [-0.2, -0.15) is 13.1 Å². The summed E-state index contributed by atoms with van der Waals surface area (Å²) < 4.78 is 35.0. The van der Waals surface area contributed by atoms with Gasteiger partial charge in [0, 0.05) is 43.3 Å². The molecule has 292 valence electrons. The van der Waals surface area contributed by atoms with Crippen molar-refractivity contribution in [3.05, 3.63) is 95.1 Å². The van der Waals surface area contributed by atoms with Crippen molar-refractivity contribution in [2.45, 2.75) is 71.6 Å². The molecule has 0 spiro atoms. The number of rotatable bonds is 17. The van der Waals surface area contributed by atoms with E-state index in [0.29, 0.717) is 25.1 Å². The van der Waals surface area contributed by atoms with Crippen molar-refractivity contribution in [3.8, 4) is 5.75 Å². The highest BCUT2D eigenvalue weighted by Gasteiger charge is 2.29. The number of nitrogens with zero attached hydrogens (tertiary/aromatic N) is 1. The molecule has 15 heteroatoms. The van der Waals surface area contributed by atoms with Gasteiger partial charge in [-0.1, -0.05) is 56.3 Å². The van der Waals surface area contributed by atoms with Crippen LogP contribution in [0.25, 0.3) is 0 Å². The van der Waals surface area contributed by atoms with Gasteiger partial charge in [0.25, 0.3) is 11.8 Å². The first-order chi connectivity index (χ1) is 25.7. The summed E-state index contributed by atoms with van der Waals surface area (Å²) in [7, 11) is -2.34. The molecule has 4 rings (SSSR count). The number of carbonyl (C=O) groups excluding carboxylic acids is 4. The van der Waals surface area contributed by atoms with Gasteiger partial charge in [-0.15, -0.1) is 0 Å². The number of likely N-dealkylation sites (N-methyl/N-ethyl adjacent to an activating group) is 1. The fourth-order valence-electron chi connectivity index (χ4n) is 6.01. The molecule has 0 aromatic heterocycles. The molecule has 0 saturated carbocycles. The first-order valence-electron chi connectivity index (χ1n) is 18.3. The van der Waals surface area contributed by atoms with E-state index in [1.165, 1.54) is 18.2 Å². The predicted octanol–water partition coefficient (Wildman–Crippen LogP) is 2.83. The molecule has 0 radical (unpaired) electrons. The van der Waals surface area contributed by atoms with E-state index in [1.807, 2.05) is 70.2 Å². The Morgan fingerprint density at radius 1 is 0.852 bits per heavy atom. The van der Waals surface area contributed by atoms with E-state index in [4.69, 9.17) is 4.74 Å². The summed E-state index contributed by atoms with van der Waals surface area (Å²) >= 11 is 0. The van der Waals surface area contributed by atoms with Crippen LogP contribution < -0.4 is 40.3 Å². The zero-order valence-electron chi connectivity index (χ0n) is 31.8. The normalized spacial score (nSPS) is 16.0. The lowest BCUT2D eigenvalue weighted by atomic mass is 10.0. The maximum absolute atomic E-state index is 14.1. The van der Waals surface area contributed by atoms with E-state index in [9.17, 15) is 27.6 Å². The number of hydrogen-bond donors (Lipinski definition) is 6. The van der Waals surface area contributed by atoms with Crippen molar-refractivity contribution in [2.24, 2.45) is 5.92 Å². The molecule has 0 bridgehead atoms. The Labute approximate surface area is 318 Å². The van der Waals surface area contributed by atoms with Crippen LogP contribution in [0.1, 0.15) is 78.9 Å². The van der Waals surface area contributed by atoms with E-state index in [1.54, 1.807) is 26.2 Å². The standard InChI is InChI=1S/C39H53N7O7S/c1-7-40-39(50)35(25(2)3)45-36(47)27(5)41-24-32(20-28-12-9-8-10-13-28)44-38(49)31-21-30(22-33(23-31)46-19-11-18-42-54(46,51)52)37(48)43-26(4)29-14-16-34(53-6)17-15-29/h8-10,12-17,21-23,25-27,32,35,41-42H,7,11,18-20,24H2,1-6H3,(H,40,50)(H,43,48)(H,44,49)(H,45,47)/t26-,27+,32+,35+/m1/s1. The van der Waals surface area contributed by atoms with Crippen LogP contribution in [0.2, 0.25) is 0 Å². The summed E-state index contributed by atoms with van der Waals surface area (Å²) in [6.45, 7) is 10.1. The van der Waals surface area contributed by atoms with Gasteiger partial charge in [0.15, 0.2) is 0 Å². The zero-order valence-corrected chi connectivity index (χ0v) is 32.6. The Kier molecular flexibility index (Phi) is 15.0. The molecule has 3 aromatic rings.